The second-order valence-electron chi connectivity index (χ2n) is 5.39. The average molecular weight is 248 g/mol. The van der Waals surface area contributed by atoms with Crippen LogP contribution in [-0.2, 0) is 0 Å². The zero-order valence-electron chi connectivity index (χ0n) is 11.6. The zero-order valence-corrected chi connectivity index (χ0v) is 11.6. The molecule has 1 heterocycles. The van der Waals surface area contributed by atoms with Gasteiger partial charge in [-0.1, -0.05) is 38.5 Å². The van der Waals surface area contributed by atoms with Crippen molar-refractivity contribution < 1.29 is 4.74 Å². The molecule has 18 heavy (non-hydrogen) atoms. The van der Waals surface area contributed by atoms with Gasteiger partial charge in [0.05, 0.1) is 12.1 Å². The van der Waals surface area contributed by atoms with Gasteiger partial charge in [-0.2, -0.15) is 0 Å². The van der Waals surface area contributed by atoms with Gasteiger partial charge in [0.25, 0.3) is 0 Å². The van der Waals surface area contributed by atoms with Crippen LogP contribution in [0.3, 0.4) is 0 Å². The third-order valence-electron chi connectivity index (χ3n) is 3.96. The summed E-state index contributed by atoms with van der Waals surface area (Å²) in [4.78, 5) is 2.34. The first-order valence-corrected chi connectivity index (χ1v) is 6.81. The molecule has 2 N–H and O–H groups in total. The highest BCUT2D eigenvalue weighted by atomic mass is 16.5. The van der Waals surface area contributed by atoms with Crippen molar-refractivity contribution in [2.75, 3.05) is 20.2 Å². The van der Waals surface area contributed by atoms with Gasteiger partial charge in [-0.3, -0.25) is 4.90 Å². The number of nitrogens with zero attached hydrogens (tertiary/aromatic N) is 1. The molecule has 3 heteroatoms. The van der Waals surface area contributed by atoms with Gasteiger partial charge < -0.3 is 10.5 Å². The minimum absolute atomic E-state index is 0.0454. The zero-order chi connectivity index (χ0) is 13.1. The normalized spacial score (nSPS) is 24.5. The van der Waals surface area contributed by atoms with Crippen LogP contribution >= 0.6 is 0 Å². The Morgan fingerprint density at radius 3 is 2.89 bits per heavy atom. The summed E-state index contributed by atoms with van der Waals surface area (Å²) in [5.74, 6) is 1.64. The van der Waals surface area contributed by atoms with Crippen LogP contribution in [0.25, 0.3) is 0 Å². The Hall–Kier alpha value is -1.06. The van der Waals surface area contributed by atoms with Crippen LogP contribution in [0.1, 0.15) is 31.9 Å². The molecule has 3 unspecified atom stereocenters. The molecule has 0 aliphatic carbocycles. The van der Waals surface area contributed by atoms with Crippen molar-refractivity contribution in [3.8, 4) is 5.75 Å². The molecule has 0 bridgehead atoms. The lowest BCUT2D eigenvalue weighted by atomic mass is 9.95. The Labute approximate surface area is 110 Å². The van der Waals surface area contributed by atoms with Gasteiger partial charge >= 0.3 is 0 Å². The smallest absolute Gasteiger partial charge is 0.124 e. The topological polar surface area (TPSA) is 38.5 Å². The lowest BCUT2D eigenvalue weighted by Crippen LogP contribution is -2.48. The highest BCUT2D eigenvalue weighted by molar-refractivity contribution is 5.38. The summed E-state index contributed by atoms with van der Waals surface area (Å²) in [6, 6.07) is 8.41. The molecule has 2 rings (SSSR count). The monoisotopic (exact) mass is 248 g/mol. The third-order valence-corrected chi connectivity index (χ3v) is 3.96. The van der Waals surface area contributed by atoms with E-state index < -0.39 is 0 Å². The van der Waals surface area contributed by atoms with Gasteiger partial charge in [0.15, 0.2) is 0 Å². The molecule has 1 aromatic rings. The SMILES string of the molecule is CCC(C)CN(C)C1COc2ccccc2C1N. The van der Waals surface area contributed by atoms with Crippen molar-refractivity contribution in [3.05, 3.63) is 29.8 Å². The Balaban J connectivity index is 2.09. The fourth-order valence-electron chi connectivity index (χ4n) is 2.53. The Kier molecular flexibility index (Phi) is 4.25. The first-order valence-electron chi connectivity index (χ1n) is 6.81. The van der Waals surface area contributed by atoms with E-state index in [1.54, 1.807) is 0 Å². The summed E-state index contributed by atoms with van der Waals surface area (Å²) in [7, 11) is 2.15. The van der Waals surface area contributed by atoms with E-state index in [9.17, 15) is 0 Å². The predicted octanol–water partition coefficient (Wildman–Crippen LogP) is 2.43. The van der Waals surface area contributed by atoms with Crippen molar-refractivity contribution in [2.45, 2.75) is 32.4 Å². The van der Waals surface area contributed by atoms with Crippen LogP contribution in [0.4, 0.5) is 0 Å². The highest BCUT2D eigenvalue weighted by Crippen LogP contribution is 2.32. The average Bonchev–Trinajstić information content (AvgIpc) is 2.39. The summed E-state index contributed by atoms with van der Waals surface area (Å²) >= 11 is 0. The molecule has 0 amide bonds. The summed E-state index contributed by atoms with van der Waals surface area (Å²) in [5.41, 5.74) is 7.52. The Morgan fingerprint density at radius 2 is 2.17 bits per heavy atom. The second kappa shape index (κ2) is 5.72. The number of rotatable bonds is 4. The van der Waals surface area contributed by atoms with Gasteiger partial charge in [0.1, 0.15) is 12.4 Å². The summed E-state index contributed by atoms with van der Waals surface area (Å²) in [5, 5.41) is 0. The maximum atomic E-state index is 6.39. The van der Waals surface area contributed by atoms with Gasteiger partial charge in [-0.05, 0) is 19.0 Å². The fraction of sp³-hybridized carbons (Fsp3) is 0.600. The van der Waals surface area contributed by atoms with Crippen LogP contribution < -0.4 is 10.5 Å². The number of fused-ring (bicyclic) bond motifs is 1. The van der Waals surface area contributed by atoms with Crippen molar-refractivity contribution in [1.82, 2.24) is 4.90 Å². The van der Waals surface area contributed by atoms with Crippen LogP contribution in [-0.4, -0.2) is 31.1 Å². The molecule has 1 aromatic carbocycles. The lowest BCUT2D eigenvalue weighted by Gasteiger charge is -2.38. The molecule has 0 aromatic heterocycles. The number of ether oxygens (including phenoxy) is 1. The molecule has 3 atom stereocenters. The van der Waals surface area contributed by atoms with Gasteiger partial charge in [0.2, 0.25) is 0 Å². The maximum absolute atomic E-state index is 6.39. The number of hydrogen-bond acceptors (Lipinski definition) is 3. The molecule has 0 fully saturated rings. The second-order valence-corrected chi connectivity index (χ2v) is 5.39. The van der Waals surface area contributed by atoms with Crippen LogP contribution in [0.2, 0.25) is 0 Å². The molecule has 100 valence electrons. The van der Waals surface area contributed by atoms with E-state index in [2.05, 4.69) is 31.9 Å². The number of benzene rings is 1. The van der Waals surface area contributed by atoms with Crippen molar-refractivity contribution in [2.24, 2.45) is 11.7 Å². The minimum atomic E-state index is 0.0454. The molecular weight excluding hydrogens is 224 g/mol. The van der Waals surface area contributed by atoms with Crippen molar-refractivity contribution in [3.63, 3.8) is 0 Å². The predicted molar refractivity (Wildman–Crippen MR) is 74.7 cm³/mol. The lowest BCUT2D eigenvalue weighted by molar-refractivity contribution is 0.107. The van der Waals surface area contributed by atoms with Gasteiger partial charge in [0, 0.05) is 12.1 Å². The number of hydrogen-bond donors (Lipinski definition) is 1. The molecule has 0 spiro atoms. The standard InChI is InChI=1S/C15H24N2O/c1-4-11(2)9-17(3)13-10-18-14-8-6-5-7-12(14)15(13)16/h5-8,11,13,15H,4,9-10,16H2,1-3H3. The van der Waals surface area contributed by atoms with Gasteiger partial charge in [-0.25, -0.2) is 0 Å². The number of nitrogens with two attached hydrogens (primary N) is 1. The van der Waals surface area contributed by atoms with Gasteiger partial charge in [-0.15, -0.1) is 0 Å². The number of likely N-dealkylation sites (N-methyl/N-ethyl adjacent to an activating group) is 1. The van der Waals surface area contributed by atoms with E-state index in [0.29, 0.717) is 12.5 Å². The molecule has 0 saturated heterocycles. The molecular formula is C15H24N2O. The molecule has 0 saturated carbocycles. The third kappa shape index (κ3) is 2.68. The minimum Gasteiger partial charge on any atom is -0.492 e. The molecule has 0 radical (unpaired) electrons. The first-order chi connectivity index (χ1) is 8.63. The van der Waals surface area contributed by atoms with E-state index >= 15 is 0 Å². The maximum Gasteiger partial charge on any atom is 0.124 e. The summed E-state index contributed by atoms with van der Waals surface area (Å²) in [6.45, 7) is 6.26. The van der Waals surface area contributed by atoms with E-state index in [1.807, 2.05) is 18.2 Å². The highest BCUT2D eigenvalue weighted by Gasteiger charge is 2.30. The largest absolute Gasteiger partial charge is 0.492 e. The molecule has 3 nitrogen and oxygen atoms in total. The van der Waals surface area contributed by atoms with E-state index in [0.717, 1.165) is 17.9 Å². The van der Waals surface area contributed by atoms with Crippen LogP contribution in [0.5, 0.6) is 5.75 Å². The van der Waals surface area contributed by atoms with Crippen LogP contribution in [0, 0.1) is 5.92 Å². The van der Waals surface area contributed by atoms with Crippen molar-refractivity contribution in [1.29, 1.82) is 0 Å². The Bertz CT molecular complexity index is 394. The molecule has 1 aliphatic heterocycles. The molecule has 1 aliphatic rings. The number of para-hydroxylation sites is 1. The van der Waals surface area contributed by atoms with E-state index in [4.69, 9.17) is 10.5 Å². The van der Waals surface area contributed by atoms with Crippen molar-refractivity contribution >= 4 is 0 Å². The van der Waals surface area contributed by atoms with E-state index in [-0.39, 0.29) is 12.1 Å². The van der Waals surface area contributed by atoms with E-state index in [1.165, 1.54) is 6.42 Å². The fourth-order valence-corrected chi connectivity index (χ4v) is 2.53. The summed E-state index contributed by atoms with van der Waals surface area (Å²) in [6.07, 6.45) is 1.20. The van der Waals surface area contributed by atoms with Crippen LogP contribution in [0.15, 0.2) is 24.3 Å². The first kappa shape index (κ1) is 13.4. The quantitative estimate of drug-likeness (QED) is 0.889. The summed E-state index contributed by atoms with van der Waals surface area (Å²) < 4.78 is 5.82. The Morgan fingerprint density at radius 1 is 1.44 bits per heavy atom.